The highest BCUT2D eigenvalue weighted by molar-refractivity contribution is 5.46. The zero-order valence-corrected chi connectivity index (χ0v) is 10.4. The van der Waals surface area contributed by atoms with Crippen LogP contribution in [0.15, 0.2) is 42.7 Å². The number of aromatic nitrogens is 1. The van der Waals surface area contributed by atoms with Crippen LogP contribution in [0, 0.1) is 6.92 Å². The van der Waals surface area contributed by atoms with E-state index in [9.17, 15) is 8.78 Å². The van der Waals surface area contributed by atoms with Crippen LogP contribution < -0.4 is 10.1 Å². The number of nitrogens with one attached hydrogen (secondary N) is 1. The normalized spacial score (nSPS) is 10.5. The average molecular weight is 264 g/mol. The van der Waals surface area contributed by atoms with Crippen molar-refractivity contribution in [2.75, 3.05) is 5.32 Å². The minimum Gasteiger partial charge on any atom is -0.435 e. The average Bonchev–Trinajstić information content (AvgIpc) is 2.37. The lowest BCUT2D eigenvalue weighted by molar-refractivity contribution is -0.0498. The molecule has 1 heterocycles. The molecule has 0 radical (unpaired) electrons. The number of benzene rings is 1. The lowest BCUT2D eigenvalue weighted by Gasteiger charge is -2.08. The van der Waals surface area contributed by atoms with Gasteiger partial charge in [0.1, 0.15) is 5.75 Å². The SMILES string of the molecule is Cc1cncc(CNc2ccc(OC(F)F)cc2)c1. The van der Waals surface area contributed by atoms with Gasteiger partial charge in [0, 0.05) is 24.6 Å². The maximum Gasteiger partial charge on any atom is 0.387 e. The lowest BCUT2D eigenvalue weighted by atomic mass is 10.2. The first-order valence-corrected chi connectivity index (χ1v) is 5.83. The number of pyridine rings is 1. The van der Waals surface area contributed by atoms with E-state index in [-0.39, 0.29) is 5.75 Å². The van der Waals surface area contributed by atoms with Gasteiger partial charge in [-0.25, -0.2) is 0 Å². The summed E-state index contributed by atoms with van der Waals surface area (Å²) in [6, 6.07) is 8.43. The molecule has 0 amide bonds. The molecular weight excluding hydrogens is 250 g/mol. The number of ether oxygens (including phenoxy) is 1. The van der Waals surface area contributed by atoms with Crippen LogP contribution in [0.3, 0.4) is 0 Å². The van der Waals surface area contributed by atoms with Crippen LogP contribution in [0.5, 0.6) is 5.75 Å². The van der Waals surface area contributed by atoms with Gasteiger partial charge >= 0.3 is 6.61 Å². The van der Waals surface area contributed by atoms with Crippen molar-refractivity contribution < 1.29 is 13.5 Å². The van der Waals surface area contributed by atoms with Crippen molar-refractivity contribution in [3.05, 3.63) is 53.9 Å². The number of alkyl halides is 2. The molecular formula is C14H14F2N2O. The molecule has 0 saturated carbocycles. The fraction of sp³-hybridized carbons (Fsp3) is 0.214. The molecule has 0 unspecified atom stereocenters. The van der Waals surface area contributed by atoms with E-state index in [0.717, 1.165) is 16.8 Å². The molecule has 1 N–H and O–H groups in total. The van der Waals surface area contributed by atoms with Gasteiger partial charge in [-0.1, -0.05) is 6.07 Å². The van der Waals surface area contributed by atoms with E-state index in [1.807, 2.05) is 13.0 Å². The third-order valence-electron chi connectivity index (χ3n) is 2.51. The first kappa shape index (κ1) is 13.3. The quantitative estimate of drug-likeness (QED) is 0.895. The minimum atomic E-state index is -2.79. The molecule has 100 valence electrons. The molecule has 0 fully saturated rings. The number of nitrogens with zero attached hydrogens (tertiary/aromatic N) is 1. The van der Waals surface area contributed by atoms with Gasteiger partial charge in [-0.3, -0.25) is 4.98 Å². The van der Waals surface area contributed by atoms with E-state index in [0.29, 0.717) is 6.54 Å². The Kier molecular flexibility index (Phi) is 4.28. The van der Waals surface area contributed by atoms with Crippen LogP contribution in [-0.2, 0) is 6.54 Å². The molecule has 0 spiro atoms. The van der Waals surface area contributed by atoms with Gasteiger partial charge < -0.3 is 10.1 Å². The van der Waals surface area contributed by atoms with Gasteiger partial charge in [-0.2, -0.15) is 8.78 Å². The van der Waals surface area contributed by atoms with Crippen molar-refractivity contribution in [3.63, 3.8) is 0 Å². The van der Waals surface area contributed by atoms with Crippen LogP contribution >= 0.6 is 0 Å². The summed E-state index contributed by atoms with van der Waals surface area (Å²) in [6.45, 7) is -0.186. The molecule has 0 aliphatic carbocycles. The molecule has 3 nitrogen and oxygen atoms in total. The fourth-order valence-corrected chi connectivity index (χ4v) is 1.67. The van der Waals surface area contributed by atoms with Crippen molar-refractivity contribution in [1.82, 2.24) is 4.98 Å². The molecule has 2 rings (SSSR count). The van der Waals surface area contributed by atoms with Crippen LogP contribution in [-0.4, -0.2) is 11.6 Å². The van der Waals surface area contributed by atoms with Crippen LogP contribution in [0.25, 0.3) is 0 Å². The van der Waals surface area contributed by atoms with Crippen molar-refractivity contribution in [2.24, 2.45) is 0 Å². The Morgan fingerprint density at radius 1 is 1.21 bits per heavy atom. The Hall–Kier alpha value is -2.17. The minimum absolute atomic E-state index is 0.151. The standard InChI is InChI=1S/C14H14F2N2O/c1-10-6-11(8-17-7-10)9-18-12-2-4-13(5-3-12)19-14(15)16/h2-8,14,18H,9H2,1H3. The predicted molar refractivity (Wildman–Crippen MR) is 69.4 cm³/mol. The number of anilines is 1. The second-order valence-corrected chi connectivity index (χ2v) is 4.13. The monoisotopic (exact) mass is 264 g/mol. The molecule has 0 bridgehead atoms. The molecule has 19 heavy (non-hydrogen) atoms. The third kappa shape index (κ3) is 4.21. The van der Waals surface area contributed by atoms with Crippen molar-refractivity contribution >= 4 is 5.69 Å². The van der Waals surface area contributed by atoms with Gasteiger partial charge in [-0.05, 0) is 42.3 Å². The van der Waals surface area contributed by atoms with Gasteiger partial charge in [-0.15, -0.1) is 0 Å². The molecule has 0 saturated heterocycles. The van der Waals surface area contributed by atoms with E-state index in [1.54, 1.807) is 24.5 Å². The Morgan fingerprint density at radius 2 is 1.95 bits per heavy atom. The van der Waals surface area contributed by atoms with E-state index in [1.165, 1.54) is 12.1 Å². The topological polar surface area (TPSA) is 34.2 Å². The summed E-state index contributed by atoms with van der Waals surface area (Å²) in [5.74, 6) is 0.151. The van der Waals surface area contributed by atoms with Gasteiger partial charge in [0.25, 0.3) is 0 Å². The summed E-state index contributed by atoms with van der Waals surface area (Å²) < 4.78 is 28.2. The second-order valence-electron chi connectivity index (χ2n) is 4.13. The molecule has 5 heteroatoms. The molecule has 0 atom stereocenters. The van der Waals surface area contributed by atoms with E-state index < -0.39 is 6.61 Å². The summed E-state index contributed by atoms with van der Waals surface area (Å²) in [7, 11) is 0. The van der Waals surface area contributed by atoms with Crippen molar-refractivity contribution in [1.29, 1.82) is 0 Å². The molecule has 1 aromatic heterocycles. The smallest absolute Gasteiger partial charge is 0.387 e. The van der Waals surface area contributed by atoms with Crippen LogP contribution in [0.4, 0.5) is 14.5 Å². The number of hydrogen-bond acceptors (Lipinski definition) is 3. The van der Waals surface area contributed by atoms with Gasteiger partial charge in [0.15, 0.2) is 0 Å². The highest BCUT2D eigenvalue weighted by atomic mass is 19.3. The number of aryl methyl sites for hydroxylation is 1. The summed E-state index contributed by atoms with van der Waals surface area (Å²) >= 11 is 0. The first-order valence-electron chi connectivity index (χ1n) is 5.83. The highest BCUT2D eigenvalue weighted by Gasteiger charge is 2.03. The third-order valence-corrected chi connectivity index (χ3v) is 2.51. The van der Waals surface area contributed by atoms with Crippen LogP contribution in [0.1, 0.15) is 11.1 Å². The molecule has 2 aromatic rings. The first-order chi connectivity index (χ1) is 9.13. The second kappa shape index (κ2) is 6.13. The largest absolute Gasteiger partial charge is 0.435 e. The summed E-state index contributed by atoms with van der Waals surface area (Å²) in [5.41, 5.74) is 3.00. The summed E-state index contributed by atoms with van der Waals surface area (Å²) in [4.78, 5) is 4.10. The Bertz CT molecular complexity index is 529. The predicted octanol–water partition coefficient (Wildman–Crippen LogP) is 3.60. The van der Waals surface area contributed by atoms with Crippen molar-refractivity contribution in [3.8, 4) is 5.75 Å². The van der Waals surface area contributed by atoms with E-state index in [4.69, 9.17) is 0 Å². The fourth-order valence-electron chi connectivity index (χ4n) is 1.67. The lowest BCUT2D eigenvalue weighted by Crippen LogP contribution is -2.03. The number of halogens is 2. The zero-order valence-electron chi connectivity index (χ0n) is 10.4. The zero-order chi connectivity index (χ0) is 13.7. The van der Waals surface area contributed by atoms with Crippen molar-refractivity contribution in [2.45, 2.75) is 20.1 Å². The van der Waals surface area contributed by atoms with Crippen LogP contribution in [0.2, 0.25) is 0 Å². The molecule has 1 aromatic carbocycles. The number of hydrogen-bond donors (Lipinski definition) is 1. The maximum atomic E-state index is 12.0. The van der Waals surface area contributed by atoms with Gasteiger partial charge in [0.2, 0.25) is 0 Å². The van der Waals surface area contributed by atoms with E-state index in [2.05, 4.69) is 15.0 Å². The summed E-state index contributed by atoms with van der Waals surface area (Å²) in [5, 5.41) is 3.19. The number of rotatable bonds is 5. The Labute approximate surface area is 110 Å². The molecule has 0 aliphatic heterocycles. The molecule has 0 aliphatic rings. The Morgan fingerprint density at radius 3 is 2.58 bits per heavy atom. The van der Waals surface area contributed by atoms with Gasteiger partial charge in [0.05, 0.1) is 0 Å². The summed E-state index contributed by atoms with van der Waals surface area (Å²) in [6.07, 6.45) is 3.58. The van der Waals surface area contributed by atoms with E-state index >= 15 is 0 Å². The highest BCUT2D eigenvalue weighted by Crippen LogP contribution is 2.18. The maximum absolute atomic E-state index is 12.0. The Balaban J connectivity index is 1.93.